The van der Waals surface area contributed by atoms with Crippen molar-refractivity contribution >= 4 is 5.91 Å². The molecular formula is C21H34N4O. The van der Waals surface area contributed by atoms with E-state index in [4.69, 9.17) is 0 Å². The molecule has 26 heavy (non-hydrogen) atoms. The summed E-state index contributed by atoms with van der Waals surface area (Å²) in [6, 6.07) is 9.12. The fourth-order valence-corrected chi connectivity index (χ4v) is 4.09. The number of carbonyl (C=O) groups is 1. The van der Waals surface area contributed by atoms with Gasteiger partial charge in [-0.15, -0.1) is 0 Å². The summed E-state index contributed by atoms with van der Waals surface area (Å²) in [5.74, 6) is 0.323. The summed E-state index contributed by atoms with van der Waals surface area (Å²) in [6.07, 6.45) is 2.86. The maximum absolute atomic E-state index is 12.8. The van der Waals surface area contributed by atoms with Gasteiger partial charge in [-0.25, -0.2) is 0 Å². The lowest BCUT2D eigenvalue weighted by Crippen LogP contribution is -2.45. The lowest BCUT2D eigenvalue weighted by Gasteiger charge is -2.33. The molecule has 3 rings (SSSR count). The van der Waals surface area contributed by atoms with Gasteiger partial charge in [-0.2, -0.15) is 0 Å². The summed E-state index contributed by atoms with van der Waals surface area (Å²) in [5.41, 5.74) is 2.61. The van der Waals surface area contributed by atoms with E-state index in [1.807, 2.05) is 0 Å². The summed E-state index contributed by atoms with van der Waals surface area (Å²) in [4.78, 5) is 21.9. The number of nitrogens with zero attached hydrogens (tertiary/aromatic N) is 4. The summed E-state index contributed by atoms with van der Waals surface area (Å²) < 4.78 is 0. The Bertz CT molecular complexity index is 578. The molecule has 0 saturated carbocycles. The highest BCUT2D eigenvalue weighted by atomic mass is 16.2. The minimum Gasteiger partial charge on any atom is -0.336 e. The van der Waals surface area contributed by atoms with Crippen molar-refractivity contribution in [2.45, 2.75) is 31.8 Å². The molecule has 2 aliphatic rings. The van der Waals surface area contributed by atoms with Crippen LogP contribution in [0.3, 0.4) is 0 Å². The van der Waals surface area contributed by atoms with Crippen molar-refractivity contribution in [3.8, 4) is 0 Å². The van der Waals surface area contributed by atoms with Crippen LogP contribution in [0.2, 0.25) is 0 Å². The Morgan fingerprint density at radius 1 is 1.08 bits per heavy atom. The lowest BCUT2D eigenvalue weighted by atomic mass is 10.0. The average molecular weight is 359 g/mol. The highest BCUT2D eigenvalue weighted by Crippen LogP contribution is 2.32. The van der Waals surface area contributed by atoms with Gasteiger partial charge in [-0.1, -0.05) is 24.3 Å². The molecule has 5 heteroatoms. The Balaban J connectivity index is 1.54. The Morgan fingerprint density at radius 2 is 1.77 bits per heavy atom. The molecule has 1 aromatic rings. The molecule has 2 aliphatic heterocycles. The van der Waals surface area contributed by atoms with E-state index >= 15 is 0 Å². The summed E-state index contributed by atoms with van der Waals surface area (Å²) in [5, 5.41) is 0. The van der Waals surface area contributed by atoms with Crippen molar-refractivity contribution in [2.24, 2.45) is 0 Å². The summed E-state index contributed by atoms with van der Waals surface area (Å²) in [6.45, 7) is 7.16. The van der Waals surface area contributed by atoms with E-state index in [2.05, 4.69) is 65.0 Å². The van der Waals surface area contributed by atoms with Gasteiger partial charge in [0.2, 0.25) is 5.91 Å². The molecule has 2 heterocycles. The molecule has 1 atom stereocenters. The highest BCUT2D eigenvalue weighted by molar-refractivity contribution is 5.77. The van der Waals surface area contributed by atoms with E-state index in [9.17, 15) is 4.79 Å². The number of hydrogen-bond acceptors (Lipinski definition) is 4. The molecule has 5 nitrogen and oxygen atoms in total. The number of benzene rings is 1. The molecule has 1 aromatic carbocycles. The molecular weight excluding hydrogens is 324 g/mol. The van der Waals surface area contributed by atoms with E-state index in [0.29, 0.717) is 12.3 Å². The monoisotopic (exact) mass is 358 g/mol. The zero-order valence-electron chi connectivity index (χ0n) is 16.7. The van der Waals surface area contributed by atoms with Gasteiger partial charge in [-0.05, 0) is 45.1 Å². The van der Waals surface area contributed by atoms with Crippen LogP contribution in [0, 0.1) is 0 Å². The van der Waals surface area contributed by atoms with Crippen LogP contribution in [0.15, 0.2) is 24.3 Å². The van der Waals surface area contributed by atoms with Crippen LogP contribution in [0.5, 0.6) is 0 Å². The van der Waals surface area contributed by atoms with E-state index in [1.54, 1.807) is 0 Å². The number of amides is 1. The minimum atomic E-state index is 0.267. The quantitative estimate of drug-likeness (QED) is 0.779. The third kappa shape index (κ3) is 5.06. The summed E-state index contributed by atoms with van der Waals surface area (Å²) >= 11 is 0. The molecule has 0 unspecified atom stereocenters. The molecule has 2 saturated heterocycles. The van der Waals surface area contributed by atoms with Crippen LogP contribution in [0.4, 0.5) is 0 Å². The van der Waals surface area contributed by atoms with Gasteiger partial charge in [0.1, 0.15) is 0 Å². The molecule has 2 fully saturated rings. The molecule has 144 valence electrons. The second-order valence-corrected chi connectivity index (χ2v) is 8.12. The standard InChI is InChI=1S/C21H34N4O/c1-22(2)17-18-6-8-19(9-7-18)20-5-4-11-25(20)21(26)10-12-24-15-13-23(3)14-16-24/h6-9,20H,4-5,10-17H2,1-3H3/t20-/m1/s1. The van der Waals surface area contributed by atoms with E-state index in [1.165, 1.54) is 11.1 Å². The average Bonchev–Trinajstić information content (AvgIpc) is 3.11. The number of carbonyl (C=O) groups excluding carboxylic acids is 1. The molecule has 0 radical (unpaired) electrons. The molecule has 0 aliphatic carbocycles. The van der Waals surface area contributed by atoms with Crippen LogP contribution in [-0.2, 0) is 11.3 Å². The Labute approximate surface area is 158 Å². The lowest BCUT2D eigenvalue weighted by molar-refractivity contribution is -0.132. The predicted octanol–water partition coefficient (Wildman–Crippen LogP) is 2.05. The third-order valence-electron chi connectivity index (χ3n) is 5.67. The van der Waals surface area contributed by atoms with Crippen molar-refractivity contribution in [3.63, 3.8) is 0 Å². The van der Waals surface area contributed by atoms with Gasteiger partial charge in [0, 0.05) is 52.2 Å². The normalized spacial score (nSPS) is 22.3. The van der Waals surface area contributed by atoms with E-state index in [0.717, 1.165) is 58.7 Å². The van der Waals surface area contributed by atoms with Gasteiger partial charge in [0.15, 0.2) is 0 Å². The first-order chi connectivity index (χ1) is 12.5. The maximum atomic E-state index is 12.8. The highest BCUT2D eigenvalue weighted by Gasteiger charge is 2.30. The minimum absolute atomic E-state index is 0.267. The number of rotatable bonds is 6. The number of hydrogen-bond donors (Lipinski definition) is 0. The molecule has 0 bridgehead atoms. The van der Waals surface area contributed by atoms with Crippen molar-refractivity contribution in [1.82, 2.24) is 19.6 Å². The Morgan fingerprint density at radius 3 is 2.42 bits per heavy atom. The van der Waals surface area contributed by atoms with Gasteiger partial charge in [0.25, 0.3) is 0 Å². The van der Waals surface area contributed by atoms with Crippen LogP contribution < -0.4 is 0 Å². The first-order valence-corrected chi connectivity index (χ1v) is 9.97. The first kappa shape index (κ1) is 19.3. The fraction of sp³-hybridized carbons (Fsp3) is 0.667. The van der Waals surface area contributed by atoms with Crippen molar-refractivity contribution in [2.75, 3.05) is 60.4 Å². The van der Waals surface area contributed by atoms with Crippen LogP contribution in [0.25, 0.3) is 0 Å². The molecule has 0 aromatic heterocycles. The zero-order valence-corrected chi connectivity index (χ0v) is 16.7. The second-order valence-electron chi connectivity index (χ2n) is 8.12. The summed E-state index contributed by atoms with van der Waals surface area (Å²) in [7, 11) is 6.35. The number of likely N-dealkylation sites (tertiary alicyclic amines) is 1. The van der Waals surface area contributed by atoms with Gasteiger partial charge in [0.05, 0.1) is 6.04 Å². The van der Waals surface area contributed by atoms with E-state index in [-0.39, 0.29) is 6.04 Å². The van der Waals surface area contributed by atoms with Gasteiger partial charge < -0.3 is 19.6 Å². The molecule has 0 spiro atoms. The van der Waals surface area contributed by atoms with Crippen LogP contribution >= 0.6 is 0 Å². The van der Waals surface area contributed by atoms with Crippen molar-refractivity contribution in [3.05, 3.63) is 35.4 Å². The first-order valence-electron chi connectivity index (χ1n) is 9.97. The second kappa shape index (κ2) is 8.98. The van der Waals surface area contributed by atoms with E-state index < -0.39 is 0 Å². The van der Waals surface area contributed by atoms with Crippen LogP contribution in [0.1, 0.15) is 36.4 Å². The molecule has 1 amide bonds. The zero-order chi connectivity index (χ0) is 18.5. The maximum Gasteiger partial charge on any atom is 0.224 e. The Hall–Kier alpha value is -1.43. The number of piperazine rings is 1. The van der Waals surface area contributed by atoms with Gasteiger partial charge >= 0.3 is 0 Å². The smallest absolute Gasteiger partial charge is 0.224 e. The number of likely N-dealkylation sites (N-methyl/N-ethyl adjacent to an activating group) is 1. The Kier molecular flexibility index (Phi) is 6.68. The van der Waals surface area contributed by atoms with Crippen molar-refractivity contribution in [1.29, 1.82) is 0 Å². The molecule has 0 N–H and O–H groups in total. The van der Waals surface area contributed by atoms with Gasteiger partial charge in [-0.3, -0.25) is 4.79 Å². The predicted molar refractivity (Wildman–Crippen MR) is 106 cm³/mol. The topological polar surface area (TPSA) is 30.0 Å². The SMILES string of the molecule is CN(C)Cc1ccc([C@H]2CCCN2C(=O)CCN2CCN(C)CC2)cc1. The largest absolute Gasteiger partial charge is 0.336 e. The fourth-order valence-electron chi connectivity index (χ4n) is 4.09. The van der Waals surface area contributed by atoms with Crippen LogP contribution in [-0.4, -0.2) is 85.9 Å². The third-order valence-corrected chi connectivity index (χ3v) is 5.67. The van der Waals surface area contributed by atoms with Crippen molar-refractivity contribution < 1.29 is 4.79 Å².